The van der Waals surface area contributed by atoms with E-state index in [2.05, 4.69) is 50.4 Å². The Hall–Kier alpha value is -0.820. The third-order valence-electron chi connectivity index (χ3n) is 3.50. The molecule has 2 unspecified atom stereocenters. The zero-order valence-electron chi connectivity index (χ0n) is 9.96. The van der Waals surface area contributed by atoms with Crippen molar-refractivity contribution in [3.8, 4) is 0 Å². The fourth-order valence-corrected chi connectivity index (χ4v) is 2.47. The van der Waals surface area contributed by atoms with Gasteiger partial charge in [-0.2, -0.15) is 0 Å². The molecule has 1 N–H and O–H groups in total. The second-order valence-corrected chi connectivity index (χ2v) is 4.88. The van der Waals surface area contributed by atoms with Crippen LogP contribution >= 0.6 is 0 Å². The van der Waals surface area contributed by atoms with Gasteiger partial charge in [-0.1, -0.05) is 45.0 Å². The molecule has 0 radical (unpaired) electrons. The lowest BCUT2D eigenvalue weighted by molar-refractivity contribution is 0.325. The summed E-state index contributed by atoms with van der Waals surface area (Å²) in [7, 11) is 0. The Bertz CT molecular complexity index is 330. The molecule has 0 spiro atoms. The fraction of sp³-hybridized carbons (Fsp3) is 0.571. The molecule has 0 bridgehead atoms. The molecular weight excluding hydrogens is 182 g/mol. The highest BCUT2D eigenvalue weighted by Crippen LogP contribution is 2.29. The van der Waals surface area contributed by atoms with E-state index in [4.69, 9.17) is 0 Å². The highest BCUT2D eigenvalue weighted by atomic mass is 15.0. The Kier molecular flexibility index (Phi) is 3.11. The van der Waals surface area contributed by atoms with E-state index in [0.717, 1.165) is 0 Å². The Morgan fingerprint density at radius 1 is 1.33 bits per heavy atom. The first-order valence-corrected chi connectivity index (χ1v) is 6.06. The summed E-state index contributed by atoms with van der Waals surface area (Å²) in [5, 5.41) is 3.76. The van der Waals surface area contributed by atoms with Gasteiger partial charge in [0.25, 0.3) is 0 Å². The van der Waals surface area contributed by atoms with Crippen LogP contribution in [0, 0.1) is 5.92 Å². The topological polar surface area (TPSA) is 12.0 Å². The Morgan fingerprint density at radius 2 is 2.07 bits per heavy atom. The molecule has 1 heterocycles. The number of fused-ring (bicyclic) bond motifs is 1. The first kappa shape index (κ1) is 10.7. The SMILES string of the molecule is CCC1NC(C(C)C)Cc2ccccc21. The third-order valence-corrected chi connectivity index (χ3v) is 3.50. The molecule has 1 aliphatic rings. The predicted molar refractivity (Wildman–Crippen MR) is 64.9 cm³/mol. The second kappa shape index (κ2) is 4.36. The summed E-state index contributed by atoms with van der Waals surface area (Å²) in [5.41, 5.74) is 3.05. The summed E-state index contributed by atoms with van der Waals surface area (Å²) in [6, 6.07) is 10.1. The zero-order chi connectivity index (χ0) is 10.8. The van der Waals surface area contributed by atoms with Crippen LogP contribution in [-0.4, -0.2) is 6.04 Å². The van der Waals surface area contributed by atoms with E-state index in [1.807, 2.05) is 0 Å². The van der Waals surface area contributed by atoms with Gasteiger partial charge in [0.1, 0.15) is 0 Å². The highest BCUT2D eigenvalue weighted by Gasteiger charge is 2.26. The van der Waals surface area contributed by atoms with E-state index in [0.29, 0.717) is 18.0 Å². The average Bonchev–Trinajstić information content (AvgIpc) is 2.27. The lowest BCUT2D eigenvalue weighted by atomic mass is 9.85. The number of rotatable bonds is 2. The smallest absolute Gasteiger partial charge is 0.0323 e. The van der Waals surface area contributed by atoms with Crippen molar-refractivity contribution >= 4 is 0 Å². The van der Waals surface area contributed by atoms with Crippen LogP contribution in [0.15, 0.2) is 24.3 Å². The Labute approximate surface area is 92.9 Å². The number of benzene rings is 1. The Balaban J connectivity index is 2.30. The minimum atomic E-state index is 0.558. The van der Waals surface area contributed by atoms with Crippen molar-refractivity contribution in [2.45, 2.75) is 45.7 Å². The van der Waals surface area contributed by atoms with Crippen LogP contribution in [0.2, 0.25) is 0 Å². The van der Waals surface area contributed by atoms with Crippen molar-refractivity contribution in [1.82, 2.24) is 5.32 Å². The molecule has 1 nitrogen and oxygen atoms in total. The van der Waals surface area contributed by atoms with E-state index < -0.39 is 0 Å². The maximum Gasteiger partial charge on any atom is 0.0323 e. The van der Waals surface area contributed by atoms with Crippen LogP contribution < -0.4 is 5.32 Å². The summed E-state index contributed by atoms with van der Waals surface area (Å²) < 4.78 is 0. The molecular formula is C14H21N. The van der Waals surface area contributed by atoms with E-state index in [9.17, 15) is 0 Å². The molecule has 1 aromatic rings. The summed E-state index contributed by atoms with van der Waals surface area (Å²) in [6.45, 7) is 6.87. The molecule has 2 rings (SSSR count). The van der Waals surface area contributed by atoms with Gasteiger partial charge in [0, 0.05) is 12.1 Å². The van der Waals surface area contributed by atoms with Gasteiger partial charge in [0.05, 0.1) is 0 Å². The van der Waals surface area contributed by atoms with Gasteiger partial charge in [0.2, 0.25) is 0 Å². The van der Waals surface area contributed by atoms with Gasteiger partial charge < -0.3 is 5.32 Å². The number of hydrogen-bond donors (Lipinski definition) is 1. The van der Waals surface area contributed by atoms with Gasteiger partial charge in [-0.25, -0.2) is 0 Å². The van der Waals surface area contributed by atoms with Crippen LogP contribution in [0.4, 0.5) is 0 Å². The van der Waals surface area contributed by atoms with Gasteiger partial charge in [0.15, 0.2) is 0 Å². The molecule has 82 valence electrons. The van der Waals surface area contributed by atoms with Crippen LogP contribution in [0.3, 0.4) is 0 Å². The van der Waals surface area contributed by atoms with Crippen molar-refractivity contribution in [1.29, 1.82) is 0 Å². The summed E-state index contributed by atoms with van der Waals surface area (Å²) in [5.74, 6) is 0.715. The second-order valence-electron chi connectivity index (χ2n) is 4.88. The molecule has 1 heteroatoms. The quantitative estimate of drug-likeness (QED) is 0.777. The normalized spacial score (nSPS) is 25.3. The minimum Gasteiger partial charge on any atom is -0.307 e. The van der Waals surface area contributed by atoms with Crippen LogP contribution in [0.5, 0.6) is 0 Å². The molecule has 0 saturated carbocycles. The first-order valence-electron chi connectivity index (χ1n) is 6.06. The summed E-state index contributed by atoms with van der Waals surface area (Å²) in [4.78, 5) is 0. The van der Waals surface area contributed by atoms with Gasteiger partial charge in [-0.05, 0) is 29.9 Å². The van der Waals surface area contributed by atoms with Crippen molar-refractivity contribution in [2.24, 2.45) is 5.92 Å². The lowest BCUT2D eigenvalue weighted by Gasteiger charge is -2.35. The van der Waals surface area contributed by atoms with E-state index >= 15 is 0 Å². The summed E-state index contributed by atoms with van der Waals surface area (Å²) in [6.07, 6.45) is 2.37. The molecule has 0 aliphatic carbocycles. The molecule has 1 aliphatic heterocycles. The molecule has 0 amide bonds. The van der Waals surface area contributed by atoms with Gasteiger partial charge in [-0.3, -0.25) is 0 Å². The van der Waals surface area contributed by atoms with Crippen molar-refractivity contribution in [3.63, 3.8) is 0 Å². The van der Waals surface area contributed by atoms with Crippen LogP contribution in [0.25, 0.3) is 0 Å². The lowest BCUT2D eigenvalue weighted by Crippen LogP contribution is -2.42. The van der Waals surface area contributed by atoms with Crippen LogP contribution in [-0.2, 0) is 6.42 Å². The van der Waals surface area contributed by atoms with Crippen molar-refractivity contribution in [2.75, 3.05) is 0 Å². The zero-order valence-corrected chi connectivity index (χ0v) is 9.96. The van der Waals surface area contributed by atoms with Crippen molar-refractivity contribution in [3.05, 3.63) is 35.4 Å². The molecule has 0 aromatic heterocycles. The molecule has 0 fully saturated rings. The third kappa shape index (κ3) is 2.07. The maximum absolute atomic E-state index is 3.76. The first-order chi connectivity index (χ1) is 7.22. The predicted octanol–water partition coefficient (Wildman–Crippen LogP) is 3.31. The molecule has 15 heavy (non-hydrogen) atoms. The summed E-state index contributed by atoms with van der Waals surface area (Å²) >= 11 is 0. The molecule has 1 aromatic carbocycles. The molecule has 2 atom stereocenters. The van der Waals surface area contributed by atoms with Gasteiger partial charge in [-0.15, -0.1) is 0 Å². The minimum absolute atomic E-state index is 0.558. The van der Waals surface area contributed by atoms with E-state index in [1.54, 1.807) is 5.56 Å². The Morgan fingerprint density at radius 3 is 2.73 bits per heavy atom. The fourth-order valence-electron chi connectivity index (χ4n) is 2.47. The van der Waals surface area contributed by atoms with E-state index in [1.165, 1.54) is 18.4 Å². The monoisotopic (exact) mass is 203 g/mol. The average molecular weight is 203 g/mol. The standard InChI is InChI=1S/C14H21N/c1-4-13-12-8-6-5-7-11(12)9-14(15-13)10(2)3/h5-8,10,13-15H,4,9H2,1-3H3. The van der Waals surface area contributed by atoms with Crippen molar-refractivity contribution < 1.29 is 0 Å². The maximum atomic E-state index is 3.76. The largest absolute Gasteiger partial charge is 0.307 e. The highest BCUT2D eigenvalue weighted by molar-refractivity contribution is 5.33. The number of nitrogens with one attached hydrogen (secondary N) is 1. The van der Waals surface area contributed by atoms with Crippen LogP contribution in [0.1, 0.15) is 44.4 Å². The molecule has 0 saturated heterocycles. The van der Waals surface area contributed by atoms with E-state index in [-0.39, 0.29) is 0 Å². The number of hydrogen-bond acceptors (Lipinski definition) is 1. The van der Waals surface area contributed by atoms with Gasteiger partial charge >= 0.3 is 0 Å².